The van der Waals surface area contributed by atoms with Crippen molar-refractivity contribution in [2.24, 2.45) is 4.99 Å². The van der Waals surface area contributed by atoms with E-state index in [9.17, 15) is 4.79 Å². The zero-order valence-electron chi connectivity index (χ0n) is 15.9. The third kappa shape index (κ3) is 4.15. The number of para-hydroxylation sites is 1. The smallest absolute Gasteiger partial charge is 0.269 e. The Morgan fingerprint density at radius 1 is 1.21 bits per heavy atom. The second-order valence-corrected chi connectivity index (χ2v) is 10.3. The van der Waals surface area contributed by atoms with E-state index >= 15 is 0 Å². The Kier molecular flexibility index (Phi) is 6.38. The molecule has 150 valence electrons. The number of pyridine rings is 1. The number of halogens is 2. The van der Waals surface area contributed by atoms with Crippen LogP contribution in [0, 0.1) is 0 Å². The molecule has 1 aromatic heterocycles. The summed E-state index contributed by atoms with van der Waals surface area (Å²) in [7, 11) is 2.01. The minimum atomic E-state index is 0.0117. The van der Waals surface area contributed by atoms with Gasteiger partial charge in [-0.15, -0.1) is 0 Å². The molecule has 9 heteroatoms. The van der Waals surface area contributed by atoms with Crippen molar-refractivity contribution in [1.29, 1.82) is 0 Å². The van der Waals surface area contributed by atoms with Crippen LogP contribution in [-0.4, -0.2) is 34.6 Å². The number of anilines is 1. The lowest BCUT2D eigenvalue weighted by Crippen LogP contribution is -2.30. The van der Waals surface area contributed by atoms with Crippen LogP contribution in [0.25, 0.3) is 0 Å². The zero-order valence-corrected chi connectivity index (χ0v) is 20.7. The number of thioether (sulfide) groups is 2. The Labute approximate surface area is 195 Å². The molecule has 1 aromatic carbocycles. The first-order valence-corrected chi connectivity index (χ1v) is 12.4. The van der Waals surface area contributed by atoms with Crippen LogP contribution in [0.4, 0.5) is 11.5 Å². The van der Waals surface area contributed by atoms with Crippen molar-refractivity contribution in [3.8, 4) is 0 Å². The lowest BCUT2D eigenvalue weighted by atomic mass is 10.3. The maximum atomic E-state index is 13.3. The van der Waals surface area contributed by atoms with Crippen molar-refractivity contribution in [1.82, 2.24) is 9.88 Å². The summed E-state index contributed by atoms with van der Waals surface area (Å²) >= 11 is 9.99. The average molecular weight is 554 g/mol. The van der Waals surface area contributed by atoms with Crippen LogP contribution in [-0.2, 0) is 4.79 Å². The third-order valence-corrected chi connectivity index (χ3v) is 7.97. The molecule has 2 aromatic rings. The highest BCUT2D eigenvalue weighted by molar-refractivity contribution is 9.11. The van der Waals surface area contributed by atoms with E-state index in [1.165, 1.54) is 11.8 Å². The van der Waals surface area contributed by atoms with E-state index in [0.29, 0.717) is 17.5 Å². The van der Waals surface area contributed by atoms with Gasteiger partial charge in [0.15, 0.2) is 11.0 Å². The Morgan fingerprint density at radius 3 is 2.72 bits per heavy atom. The fourth-order valence-corrected chi connectivity index (χ4v) is 6.44. The number of carbonyl (C=O) groups is 1. The molecule has 0 atom stereocenters. The largest absolute Gasteiger partial charge is 0.337 e. The molecule has 0 N–H and O–H groups in total. The number of aromatic nitrogens is 1. The van der Waals surface area contributed by atoms with Gasteiger partial charge >= 0.3 is 0 Å². The van der Waals surface area contributed by atoms with Crippen LogP contribution in [0.1, 0.15) is 19.8 Å². The van der Waals surface area contributed by atoms with E-state index in [0.717, 1.165) is 42.3 Å². The van der Waals surface area contributed by atoms with Crippen LogP contribution in [0.5, 0.6) is 0 Å². The van der Waals surface area contributed by atoms with Gasteiger partial charge in [-0.2, -0.15) is 0 Å². The molecule has 2 aliphatic heterocycles. The molecular weight excluding hydrogens is 536 g/mol. The molecule has 1 saturated heterocycles. The summed E-state index contributed by atoms with van der Waals surface area (Å²) in [5, 5.41) is 1.63. The number of benzene rings is 1. The molecule has 3 heterocycles. The minimum absolute atomic E-state index is 0.0117. The number of amides is 1. The van der Waals surface area contributed by atoms with Gasteiger partial charge in [0.1, 0.15) is 4.91 Å². The number of fused-ring (bicyclic) bond motifs is 1. The van der Waals surface area contributed by atoms with Gasteiger partial charge in [-0.3, -0.25) is 9.69 Å². The highest BCUT2D eigenvalue weighted by Gasteiger charge is 2.38. The molecule has 0 saturated carbocycles. The first-order chi connectivity index (χ1) is 14.0. The number of carbonyl (C=O) groups excluding carboxylic acids is 1. The molecular formula is C20H18Br2N4OS2. The second-order valence-electron chi connectivity index (χ2n) is 6.53. The van der Waals surface area contributed by atoms with Gasteiger partial charge < -0.3 is 4.90 Å². The van der Waals surface area contributed by atoms with Crippen LogP contribution in [0.15, 0.2) is 65.3 Å². The number of unbranched alkanes of at least 4 members (excludes halogenated alkanes) is 1. The predicted molar refractivity (Wildman–Crippen MR) is 129 cm³/mol. The number of aliphatic imine (C=N–C) groups is 1. The van der Waals surface area contributed by atoms with Gasteiger partial charge in [-0.25, -0.2) is 9.98 Å². The molecule has 1 amide bonds. The van der Waals surface area contributed by atoms with Gasteiger partial charge in [0.05, 0.1) is 15.2 Å². The monoisotopic (exact) mass is 552 g/mol. The van der Waals surface area contributed by atoms with Gasteiger partial charge in [-0.1, -0.05) is 37.2 Å². The predicted octanol–water partition coefficient (Wildman–Crippen LogP) is 6.38. The van der Waals surface area contributed by atoms with Crippen molar-refractivity contribution in [3.63, 3.8) is 0 Å². The third-order valence-electron chi connectivity index (χ3n) is 4.52. The molecule has 0 radical (unpaired) electrons. The van der Waals surface area contributed by atoms with Crippen molar-refractivity contribution in [2.75, 3.05) is 18.5 Å². The van der Waals surface area contributed by atoms with Crippen molar-refractivity contribution in [3.05, 3.63) is 55.4 Å². The fourth-order valence-electron chi connectivity index (χ4n) is 3.01. The Balaban J connectivity index is 1.73. The number of hydrogen-bond donors (Lipinski definition) is 0. The lowest BCUT2D eigenvalue weighted by molar-refractivity contribution is -0.122. The molecule has 29 heavy (non-hydrogen) atoms. The number of hydrogen-bond acceptors (Lipinski definition) is 6. The van der Waals surface area contributed by atoms with Crippen LogP contribution < -0.4 is 4.90 Å². The first kappa shape index (κ1) is 21.0. The van der Waals surface area contributed by atoms with E-state index in [4.69, 9.17) is 4.99 Å². The summed E-state index contributed by atoms with van der Waals surface area (Å²) in [5.74, 6) is 0.574. The van der Waals surface area contributed by atoms with Gasteiger partial charge in [0.25, 0.3) is 5.91 Å². The molecule has 0 unspecified atom stereocenters. The van der Waals surface area contributed by atoms with Gasteiger partial charge in [0, 0.05) is 29.2 Å². The molecule has 0 spiro atoms. The van der Waals surface area contributed by atoms with Gasteiger partial charge in [-0.05, 0) is 68.2 Å². The molecule has 1 fully saturated rings. The standard InChI is InChI=1S/C20H18Br2N4OS2/c1-3-4-9-26-18(27)16(19-25(2)14-7-5-6-8-15(14)28-19)29-20(26)24-17-13(22)10-12(21)11-23-17/h5-8,10-11H,3-4,9H2,1-2H3/b19-16-,24-20?. The molecule has 5 nitrogen and oxygen atoms in total. The summed E-state index contributed by atoms with van der Waals surface area (Å²) in [6.07, 6.45) is 3.64. The van der Waals surface area contributed by atoms with E-state index < -0.39 is 0 Å². The highest BCUT2D eigenvalue weighted by atomic mass is 79.9. The van der Waals surface area contributed by atoms with Crippen LogP contribution in [0.2, 0.25) is 0 Å². The molecule has 2 aliphatic rings. The number of nitrogens with zero attached hydrogens (tertiary/aromatic N) is 4. The van der Waals surface area contributed by atoms with Crippen molar-refractivity contribution >= 4 is 78.0 Å². The Morgan fingerprint density at radius 2 is 2.00 bits per heavy atom. The number of amidine groups is 1. The fraction of sp³-hybridized carbons (Fsp3) is 0.250. The van der Waals surface area contributed by atoms with Crippen molar-refractivity contribution < 1.29 is 4.79 Å². The number of rotatable bonds is 4. The second kappa shape index (κ2) is 8.83. The van der Waals surface area contributed by atoms with E-state index in [1.54, 1.807) is 22.9 Å². The van der Waals surface area contributed by atoms with E-state index in [-0.39, 0.29) is 5.91 Å². The summed E-state index contributed by atoms with van der Waals surface area (Å²) in [4.78, 5) is 28.2. The average Bonchev–Trinajstić information content (AvgIpc) is 3.19. The summed E-state index contributed by atoms with van der Waals surface area (Å²) in [5.41, 5.74) is 1.12. The molecule has 0 aliphatic carbocycles. The van der Waals surface area contributed by atoms with Gasteiger partial charge in [0.2, 0.25) is 0 Å². The van der Waals surface area contributed by atoms with E-state index in [2.05, 4.69) is 60.8 Å². The Hall–Kier alpha value is -1.29. The normalized spacial score (nSPS) is 20.1. The van der Waals surface area contributed by atoms with Crippen LogP contribution >= 0.6 is 55.4 Å². The maximum absolute atomic E-state index is 13.3. The zero-order chi connectivity index (χ0) is 20.5. The minimum Gasteiger partial charge on any atom is -0.337 e. The topological polar surface area (TPSA) is 48.8 Å². The SMILES string of the molecule is CCCCN1C(=O)/C(=C2/Sc3ccccc3N2C)SC1=Nc1ncc(Br)cc1Br. The quantitative estimate of drug-likeness (QED) is 0.411. The highest BCUT2D eigenvalue weighted by Crippen LogP contribution is 2.50. The van der Waals surface area contributed by atoms with E-state index in [1.807, 2.05) is 25.2 Å². The van der Waals surface area contributed by atoms with Crippen LogP contribution in [0.3, 0.4) is 0 Å². The first-order valence-electron chi connectivity index (χ1n) is 9.14. The summed E-state index contributed by atoms with van der Waals surface area (Å²) in [6.45, 7) is 2.77. The molecule has 4 rings (SSSR count). The molecule has 0 bridgehead atoms. The summed E-state index contributed by atoms with van der Waals surface area (Å²) < 4.78 is 1.65. The van der Waals surface area contributed by atoms with Crippen molar-refractivity contribution in [2.45, 2.75) is 24.7 Å². The lowest BCUT2D eigenvalue weighted by Gasteiger charge is -2.16. The summed E-state index contributed by atoms with van der Waals surface area (Å²) in [6, 6.07) is 10.1. The Bertz CT molecular complexity index is 1040. The maximum Gasteiger partial charge on any atom is 0.269 e.